The Bertz CT molecular complexity index is 1200. The average Bonchev–Trinajstić information content (AvgIpc) is 3.13. The lowest BCUT2D eigenvalue weighted by molar-refractivity contribution is 0.498. The van der Waals surface area contributed by atoms with Gasteiger partial charge in [0.2, 0.25) is 10.0 Å². The number of furan rings is 1. The molecule has 2 N–H and O–H groups in total. The molecule has 3 aromatic rings. The summed E-state index contributed by atoms with van der Waals surface area (Å²) >= 11 is 5.63. The molecule has 0 spiro atoms. The van der Waals surface area contributed by atoms with E-state index in [0.717, 1.165) is 18.2 Å². The van der Waals surface area contributed by atoms with E-state index in [1.54, 1.807) is 12.1 Å². The fourth-order valence-corrected chi connectivity index (χ4v) is 4.60. The van der Waals surface area contributed by atoms with E-state index >= 15 is 0 Å². The zero-order chi connectivity index (χ0) is 20.4. The lowest BCUT2D eigenvalue weighted by Crippen LogP contribution is -2.23. The molecule has 0 bridgehead atoms. The van der Waals surface area contributed by atoms with Crippen molar-refractivity contribution in [3.63, 3.8) is 0 Å². The fraction of sp³-hybridized carbons (Fsp3) is 0.0588. The minimum atomic E-state index is -4.28. The summed E-state index contributed by atoms with van der Waals surface area (Å²) in [5, 5.41) is 0.0483. The molecular weight excluding hydrogens is 431 g/mol. The Morgan fingerprint density at radius 3 is 2.43 bits per heavy atom. The van der Waals surface area contributed by atoms with E-state index in [4.69, 9.17) is 16.0 Å². The maximum Gasteiger partial charge on any atom is 0.264 e. The zero-order valence-electron chi connectivity index (χ0n) is 14.1. The van der Waals surface area contributed by atoms with Crippen molar-refractivity contribution in [3.05, 3.63) is 77.5 Å². The Labute approximate surface area is 166 Å². The van der Waals surface area contributed by atoms with Crippen molar-refractivity contribution in [1.29, 1.82) is 0 Å². The number of hydrogen-bond acceptors (Lipinski definition) is 5. The normalized spacial score (nSPS) is 12.1. The molecule has 11 heteroatoms. The third kappa shape index (κ3) is 4.71. The molecular formula is C17H14ClFN2O5S2. The van der Waals surface area contributed by atoms with Gasteiger partial charge in [0.15, 0.2) is 0 Å². The second-order valence-corrected chi connectivity index (χ2v) is 9.47. The van der Waals surface area contributed by atoms with Gasteiger partial charge in [0.05, 0.1) is 23.4 Å². The number of halogens is 2. The maximum absolute atomic E-state index is 13.9. The number of anilines is 1. The van der Waals surface area contributed by atoms with E-state index in [-0.39, 0.29) is 22.2 Å². The Balaban J connectivity index is 1.82. The largest absolute Gasteiger partial charge is 0.468 e. The maximum atomic E-state index is 13.9. The lowest BCUT2D eigenvalue weighted by atomic mass is 10.3. The molecule has 0 aliphatic carbocycles. The molecule has 3 rings (SSSR count). The van der Waals surface area contributed by atoms with Gasteiger partial charge in [-0.15, -0.1) is 0 Å². The van der Waals surface area contributed by atoms with Crippen molar-refractivity contribution in [2.24, 2.45) is 0 Å². The molecule has 0 saturated carbocycles. The summed E-state index contributed by atoms with van der Waals surface area (Å²) in [5.74, 6) is -0.609. The minimum absolute atomic E-state index is 0.0461. The predicted octanol–water partition coefficient (Wildman–Crippen LogP) is 3.35. The number of benzene rings is 2. The van der Waals surface area contributed by atoms with Crippen LogP contribution in [-0.4, -0.2) is 16.8 Å². The number of sulfonamides is 2. The third-order valence-corrected chi connectivity index (χ3v) is 6.65. The van der Waals surface area contributed by atoms with Crippen LogP contribution in [0.4, 0.5) is 10.1 Å². The van der Waals surface area contributed by atoms with E-state index in [0.29, 0.717) is 5.76 Å². The molecule has 7 nitrogen and oxygen atoms in total. The van der Waals surface area contributed by atoms with Gasteiger partial charge in [-0.2, -0.15) is 0 Å². The highest BCUT2D eigenvalue weighted by molar-refractivity contribution is 7.92. The molecule has 0 amide bonds. The first-order valence-corrected chi connectivity index (χ1v) is 11.1. The molecule has 1 aromatic heterocycles. The van der Waals surface area contributed by atoms with E-state index in [2.05, 4.69) is 9.44 Å². The number of nitrogens with one attached hydrogen (secondary N) is 2. The summed E-state index contributed by atoms with van der Waals surface area (Å²) in [7, 11) is -8.21. The summed E-state index contributed by atoms with van der Waals surface area (Å²) in [5.41, 5.74) is -0.0461. The summed E-state index contributed by atoms with van der Waals surface area (Å²) < 4.78 is 73.1. The fourth-order valence-electron chi connectivity index (χ4n) is 2.29. The van der Waals surface area contributed by atoms with Gasteiger partial charge >= 0.3 is 0 Å². The average molecular weight is 445 g/mol. The quantitative estimate of drug-likeness (QED) is 0.581. The monoisotopic (exact) mass is 444 g/mol. The predicted molar refractivity (Wildman–Crippen MR) is 101 cm³/mol. The van der Waals surface area contributed by atoms with Crippen molar-refractivity contribution in [2.75, 3.05) is 4.72 Å². The van der Waals surface area contributed by atoms with Crippen LogP contribution in [0.2, 0.25) is 5.02 Å². The second kappa shape index (κ2) is 7.92. The molecule has 148 valence electrons. The van der Waals surface area contributed by atoms with Crippen molar-refractivity contribution in [1.82, 2.24) is 4.72 Å². The van der Waals surface area contributed by atoms with Crippen LogP contribution in [0, 0.1) is 5.82 Å². The third-order valence-electron chi connectivity index (χ3n) is 3.60. The molecule has 0 unspecified atom stereocenters. The number of hydrogen-bond donors (Lipinski definition) is 2. The van der Waals surface area contributed by atoms with Crippen LogP contribution in [-0.2, 0) is 26.6 Å². The van der Waals surface area contributed by atoms with Gasteiger partial charge in [0.25, 0.3) is 10.0 Å². The Kier molecular flexibility index (Phi) is 5.75. The van der Waals surface area contributed by atoms with Crippen LogP contribution in [0.25, 0.3) is 0 Å². The van der Waals surface area contributed by atoms with Gasteiger partial charge in [0, 0.05) is 5.02 Å². The minimum Gasteiger partial charge on any atom is -0.468 e. The van der Waals surface area contributed by atoms with Gasteiger partial charge in [-0.25, -0.2) is 25.9 Å². The van der Waals surface area contributed by atoms with Crippen LogP contribution < -0.4 is 9.44 Å². The van der Waals surface area contributed by atoms with Crippen molar-refractivity contribution in [2.45, 2.75) is 16.3 Å². The van der Waals surface area contributed by atoms with Gasteiger partial charge in [0.1, 0.15) is 16.5 Å². The second-order valence-electron chi connectivity index (χ2n) is 5.61. The van der Waals surface area contributed by atoms with E-state index in [1.165, 1.54) is 30.5 Å². The summed E-state index contributed by atoms with van der Waals surface area (Å²) in [4.78, 5) is -0.781. The van der Waals surface area contributed by atoms with Crippen LogP contribution >= 0.6 is 11.6 Å². The molecule has 28 heavy (non-hydrogen) atoms. The Morgan fingerprint density at radius 2 is 1.75 bits per heavy atom. The molecule has 0 fully saturated rings. The van der Waals surface area contributed by atoms with Gasteiger partial charge in [-0.1, -0.05) is 17.7 Å². The van der Waals surface area contributed by atoms with Crippen molar-refractivity contribution in [3.8, 4) is 0 Å². The zero-order valence-corrected chi connectivity index (χ0v) is 16.5. The molecule has 2 aromatic carbocycles. The number of rotatable bonds is 7. The first-order valence-electron chi connectivity index (χ1n) is 7.77. The Morgan fingerprint density at radius 1 is 0.964 bits per heavy atom. The van der Waals surface area contributed by atoms with Gasteiger partial charge < -0.3 is 4.42 Å². The van der Waals surface area contributed by atoms with Crippen molar-refractivity contribution >= 4 is 37.3 Å². The summed E-state index contributed by atoms with van der Waals surface area (Å²) in [6.07, 6.45) is 1.41. The first kappa shape index (κ1) is 20.3. The highest BCUT2D eigenvalue weighted by atomic mass is 35.5. The lowest BCUT2D eigenvalue weighted by Gasteiger charge is -2.11. The summed E-state index contributed by atoms with van der Waals surface area (Å²) in [6, 6.07) is 11.5. The summed E-state index contributed by atoms with van der Waals surface area (Å²) in [6.45, 7) is -0.0682. The van der Waals surface area contributed by atoms with Crippen LogP contribution in [0.5, 0.6) is 0 Å². The smallest absolute Gasteiger partial charge is 0.264 e. The highest BCUT2D eigenvalue weighted by Gasteiger charge is 2.21. The molecule has 0 radical (unpaired) electrons. The Hall–Kier alpha value is -2.40. The highest BCUT2D eigenvalue weighted by Crippen LogP contribution is 2.23. The van der Waals surface area contributed by atoms with Gasteiger partial charge in [-0.3, -0.25) is 4.72 Å². The standard InChI is InChI=1S/C17H14ClFN2O5S2/c18-12-6-7-17(16(19)9-12)28(24,25)21-13-3-1-5-15(10-13)27(22,23)20-11-14-4-2-8-26-14/h1-10,20-21H,11H2. The molecule has 0 atom stereocenters. The topological polar surface area (TPSA) is 105 Å². The van der Waals surface area contributed by atoms with E-state index < -0.39 is 30.8 Å². The SMILES string of the molecule is O=S(=O)(NCc1ccco1)c1cccc(NS(=O)(=O)c2ccc(Cl)cc2F)c1. The van der Waals surface area contributed by atoms with Crippen LogP contribution in [0.1, 0.15) is 5.76 Å². The molecule has 0 saturated heterocycles. The van der Waals surface area contributed by atoms with Crippen LogP contribution in [0.3, 0.4) is 0 Å². The molecule has 0 aliphatic rings. The van der Waals surface area contributed by atoms with Crippen LogP contribution in [0.15, 0.2) is 75.1 Å². The van der Waals surface area contributed by atoms with Gasteiger partial charge in [-0.05, 0) is 48.5 Å². The molecule has 1 heterocycles. The van der Waals surface area contributed by atoms with Crippen molar-refractivity contribution < 1.29 is 25.6 Å². The first-order chi connectivity index (χ1) is 13.2. The van der Waals surface area contributed by atoms with E-state index in [9.17, 15) is 21.2 Å². The molecule has 0 aliphatic heterocycles. The van der Waals surface area contributed by atoms with E-state index in [1.807, 2.05) is 0 Å².